The van der Waals surface area contributed by atoms with Gasteiger partial charge in [0.1, 0.15) is 26.4 Å². The van der Waals surface area contributed by atoms with Crippen LogP contribution in [0.5, 0.6) is 46.0 Å². The molecule has 0 aromatic heterocycles. The second kappa shape index (κ2) is 43.1. The first kappa shape index (κ1) is 85.4. The van der Waals surface area contributed by atoms with Gasteiger partial charge in [0.15, 0.2) is 46.0 Å². The first-order valence-electron chi connectivity index (χ1n) is 33.8. The maximum atomic E-state index is 6.56. The van der Waals surface area contributed by atoms with Crippen LogP contribution in [0.25, 0.3) is 0 Å². The molecule has 12 N–H and O–H groups in total. The minimum Gasteiger partial charge on any atom is -0.493 e. The molecule has 4 unspecified atom stereocenters. The molecule has 8 aromatic rings. The number of hydrogen-bond acceptors (Lipinski definition) is 12. The highest BCUT2D eigenvalue weighted by Gasteiger charge is 2.31. The molecule has 16 nitrogen and oxygen atoms in total. The lowest BCUT2D eigenvalue weighted by atomic mass is 9.80. The fourth-order valence-electron chi connectivity index (χ4n) is 14.6. The van der Waals surface area contributed by atoms with Crippen LogP contribution in [0.2, 0.25) is 0 Å². The third-order valence-corrected chi connectivity index (χ3v) is 19.7. The minimum absolute atomic E-state index is 0. The quantitative estimate of drug-likeness (QED) is 0.0317. The number of halogens is 4. The molecule has 0 fully saturated rings. The molecular weight excluding hydrogens is 1350 g/mol. The Kier molecular flexibility index (Phi) is 36.8. The van der Waals surface area contributed by atoms with E-state index < -0.39 is 0 Å². The van der Waals surface area contributed by atoms with Crippen LogP contribution in [0.1, 0.15) is 155 Å². The summed E-state index contributed by atoms with van der Waals surface area (Å²) in [6.07, 6.45) is 14.6. The van der Waals surface area contributed by atoms with Crippen molar-refractivity contribution in [2.75, 3.05) is 54.6 Å². The summed E-state index contributed by atoms with van der Waals surface area (Å²) < 4.78 is 50.2. The predicted octanol–water partition coefficient (Wildman–Crippen LogP) is 14.4. The molecule has 100 heavy (non-hydrogen) atoms. The number of fused-ring (bicyclic) bond motifs is 4. The van der Waals surface area contributed by atoms with Gasteiger partial charge in [0.05, 0.1) is 28.4 Å². The lowest BCUT2D eigenvalue weighted by Gasteiger charge is -2.33. The molecule has 0 spiro atoms. The van der Waals surface area contributed by atoms with E-state index in [1.54, 1.807) is 28.4 Å². The molecule has 20 heteroatoms. The molecule has 0 saturated heterocycles. The van der Waals surface area contributed by atoms with E-state index in [-0.39, 0.29) is 95.7 Å². The summed E-state index contributed by atoms with van der Waals surface area (Å²) in [6, 6.07) is 60.4. The number of nitrogens with one attached hydrogen (secondary N) is 4. The summed E-state index contributed by atoms with van der Waals surface area (Å²) >= 11 is 0. The Hall–Kier alpha value is -7.00. The van der Waals surface area contributed by atoms with Crippen LogP contribution in [-0.4, -0.2) is 76.5 Å². The van der Waals surface area contributed by atoms with Crippen molar-refractivity contribution < 1.29 is 59.8 Å². The van der Waals surface area contributed by atoms with E-state index in [0.717, 1.165) is 184 Å². The maximum absolute atomic E-state index is 6.56. The Morgan fingerprint density at radius 3 is 0.700 bits per heavy atom. The van der Waals surface area contributed by atoms with Gasteiger partial charge in [0.25, 0.3) is 0 Å². The van der Waals surface area contributed by atoms with E-state index in [4.69, 9.17) is 37.9 Å². The summed E-state index contributed by atoms with van der Waals surface area (Å²) in [5, 5.41) is 16.0. The van der Waals surface area contributed by atoms with E-state index in [2.05, 4.69) is 167 Å². The standard InChI is InChI=1S/C80H94N4O8.4ClH.4H2O/c1-85-73-43-61-35-39-81-69(65(61)47-77(73)89-51-57-17-9-5-10-18-57)31-27-55(28-32-70-66-48-78(90-52-58-19-11-6-12-20-58)74(86-2)44-62(66)36-40-82-70)25-26-56(29-33-71-67-49-79(91-53-59-21-13-7-14-22-59)75(87-3)45-63(67)37-41-83-71)30-34-72-68-50-80(92-54-60-23-15-8-16-24-60)76(88-4)46-64(68)38-42-84-72;;;;;;;;/h5-24,43-50,55-56,69-72,81-84H,25-42,51-54H2,1-4H3;4*1H;4*1H2. The van der Waals surface area contributed by atoms with Crippen LogP contribution >= 0.6 is 49.6 Å². The summed E-state index contributed by atoms with van der Waals surface area (Å²) in [5.74, 6) is 7.32. The third kappa shape index (κ3) is 22.3. The monoisotopic (exact) mass is 1450 g/mol. The average Bonchev–Trinajstić information content (AvgIpc) is 0.819. The number of rotatable bonds is 31. The van der Waals surface area contributed by atoms with E-state index in [1.807, 2.05) is 24.3 Å². The smallest absolute Gasteiger partial charge is 0.162 e. The number of hydrogen-bond donors (Lipinski definition) is 4. The van der Waals surface area contributed by atoms with Crippen molar-refractivity contribution in [3.8, 4) is 46.0 Å². The largest absolute Gasteiger partial charge is 0.493 e. The molecule has 4 atom stereocenters. The van der Waals surface area contributed by atoms with Gasteiger partial charge in [-0.3, -0.25) is 0 Å². The van der Waals surface area contributed by atoms with Gasteiger partial charge in [0, 0.05) is 24.2 Å². The predicted molar refractivity (Wildman–Crippen MR) is 409 cm³/mol. The van der Waals surface area contributed by atoms with Crippen LogP contribution in [0.15, 0.2) is 170 Å². The van der Waals surface area contributed by atoms with Crippen molar-refractivity contribution in [3.05, 3.63) is 237 Å². The normalized spacial score (nSPS) is 16.6. The topological polar surface area (TPSA) is 248 Å². The van der Waals surface area contributed by atoms with Gasteiger partial charge in [-0.2, -0.15) is 0 Å². The fraction of sp³-hybridized carbons (Fsp3) is 0.400. The van der Waals surface area contributed by atoms with Gasteiger partial charge in [0.2, 0.25) is 0 Å². The number of benzene rings is 8. The van der Waals surface area contributed by atoms with E-state index in [0.29, 0.717) is 38.3 Å². The SMILES string of the molecule is COc1cc2c(cc1OCc1ccccc1)C(CCC(CCC(CCC1NCCc3cc(OC)c(OCc4ccccc4)cc31)CCC1NCCc3cc(OC)c(OCc4ccccc4)cc31)CCC1NCCc3cc(OC)c(OCc4ccccc4)cc31)NCC2.Cl.Cl.Cl.Cl.O.O.O.O. The van der Waals surface area contributed by atoms with Crippen LogP contribution < -0.4 is 59.2 Å². The number of methoxy groups -OCH3 is 4. The fourth-order valence-corrected chi connectivity index (χ4v) is 14.6. The zero-order valence-corrected chi connectivity index (χ0v) is 61.4. The van der Waals surface area contributed by atoms with Gasteiger partial charge in [-0.15, -0.1) is 49.6 Å². The third-order valence-electron chi connectivity index (χ3n) is 19.7. The summed E-state index contributed by atoms with van der Waals surface area (Å²) in [4.78, 5) is 0. The minimum atomic E-state index is 0. The van der Waals surface area contributed by atoms with Crippen molar-refractivity contribution in [2.24, 2.45) is 11.8 Å². The Bertz CT molecular complexity index is 3190. The molecule has 0 saturated carbocycles. The van der Waals surface area contributed by atoms with Gasteiger partial charge < -0.3 is 81.1 Å². The lowest BCUT2D eigenvalue weighted by Crippen LogP contribution is -2.31. The van der Waals surface area contributed by atoms with Crippen LogP contribution in [0.3, 0.4) is 0 Å². The van der Waals surface area contributed by atoms with Crippen LogP contribution in [-0.2, 0) is 52.1 Å². The molecule has 4 aliphatic rings. The van der Waals surface area contributed by atoms with Gasteiger partial charge >= 0.3 is 0 Å². The molecule has 4 aliphatic heterocycles. The van der Waals surface area contributed by atoms with E-state index in [9.17, 15) is 0 Å². The van der Waals surface area contributed by atoms with Gasteiger partial charge in [-0.1, -0.05) is 134 Å². The van der Waals surface area contributed by atoms with Crippen molar-refractivity contribution in [3.63, 3.8) is 0 Å². The lowest BCUT2D eigenvalue weighted by molar-refractivity contribution is 0.272. The van der Waals surface area contributed by atoms with Gasteiger partial charge in [-0.25, -0.2) is 0 Å². The molecule has 0 amide bonds. The summed E-state index contributed by atoms with van der Waals surface area (Å²) in [7, 11) is 7.02. The van der Waals surface area contributed by atoms with E-state index in [1.165, 1.54) is 44.5 Å². The van der Waals surface area contributed by atoms with Crippen molar-refractivity contribution in [1.29, 1.82) is 0 Å². The zero-order chi connectivity index (χ0) is 62.9. The summed E-state index contributed by atoms with van der Waals surface area (Å²) in [5.41, 5.74) is 15.2. The molecule has 0 bridgehead atoms. The highest BCUT2D eigenvalue weighted by Crippen LogP contribution is 2.44. The maximum Gasteiger partial charge on any atom is 0.162 e. The van der Waals surface area contributed by atoms with Crippen molar-refractivity contribution >= 4 is 49.6 Å². The molecule has 0 radical (unpaired) electrons. The van der Waals surface area contributed by atoms with E-state index >= 15 is 0 Å². The van der Waals surface area contributed by atoms with Crippen LogP contribution in [0, 0.1) is 11.8 Å². The molecule has 8 aromatic carbocycles. The molecule has 0 aliphatic carbocycles. The highest BCUT2D eigenvalue weighted by atomic mass is 35.5. The van der Waals surface area contributed by atoms with Crippen molar-refractivity contribution in [1.82, 2.24) is 21.3 Å². The van der Waals surface area contributed by atoms with Gasteiger partial charge in [-0.05, 0) is 230 Å². The highest BCUT2D eigenvalue weighted by molar-refractivity contribution is 5.86. The average molecular weight is 1460 g/mol. The molecule has 12 rings (SSSR count). The molecule has 4 heterocycles. The zero-order valence-electron chi connectivity index (χ0n) is 58.1. The second-order valence-electron chi connectivity index (χ2n) is 25.6. The Labute approximate surface area is 616 Å². The molecular formula is C80H106Cl4N4O12. The van der Waals surface area contributed by atoms with Crippen LogP contribution in [0.4, 0.5) is 0 Å². The summed E-state index contributed by atoms with van der Waals surface area (Å²) in [6.45, 7) is 5.63. The Morgan fingerprint density at radius 2 is 0.500 bits per heavy atom. The Morgan fingerprint density at radius 1 is 0.290 bits per heavy atom. The second-order valence-corrected chi connectivity index (χ2v) is 25.6. The molecule has 546 valence electrons. The van der Waals surface area contributed by atoms with Crippen molar-refractivity contribution in [2.45, 2.75) is 140 Å². The Balaban J connectivity index is 0.00000265. The number of ether oxygens (including phenoxy) is 8. The first-order valence-corrected chi connectivity index (χ1v) is 33.8. The first-order chi connectivity index (χ1) is 45.4.